The first kappa shape index (κ1) is 20.4. The average Bonchev–Trinajstić information content (AvgIpc) is 3.15. The number of hydrogen-bond acceptors (Lipinski definition) is 7. The van der Waals surface area contributed by atoms with Gasteiger partial charge < -0.3 is 9.80 Å². The Morgan fingerprint density at radius 1 is 1.09 bits per heavy atom. The van der Waals surface area contributed by atoms with Crippen LogP contribution in [0.2, 0.25) is 0 Å². The summed E-state index contributed by atoms with van der Waals surface area (Å²) >= 11 is 0. The molecule has 2 aromatic heterocycles. The van der Waals surface area contributed by atoms with Crippen molar-refractivity contribution < 1.29 is 8.42 Å². The van der Waals surface area contributed by atoms with Crippen LogP contribution < -0.4 is 10.5 Å². The molecule has 2 fully saturated rings. The molecule has 33 heavy (non-hydrogen) atoms. The number of aromatic nitrogens is 4. The molecule has 0 radical (unpaired) electrons. The third-order valence-electron chi connectivity index (χ3n) is 7.00. The maximum Gasteiger partial charge on any atom is 0.281 e. The van der Waals surface area contributed by atoms with Gasteiger partial charge in [0.1, 0.15) is 0 Å². The van der Waals surface area contributed by atoms with Gasteiger partial charge in [-0.1, -0.05) is 17.7 Å². The molecule has 2 aliphatic heterocycles. The summed E-state index contributed by atoms with van der Waals surface area (Å²) in [6.45, 7) is 6.63. The monoisotopic (exact) mass is 464 g/mol. The molecule has 6 rings (SSSR count). The van der Waals surface area contributed by atoms with E-state index in [0.29, 0.717) is 16.5 Å². The van der Waals surface area contributed by atoms with Gasteiger partial charge in [0.05, 0.1) is 21.3 Å². The summed E-state index contributed by atoms with van der Waals surface area (Å²) in [5.41, 5.74) is 2.84. The Morgan fingerprint density at radius 2 is 1.88 bits per heavy atom. The molecule has 2 saturated heterocycles. The van der Waals surface area contributed by atoms with Crippen molar-refractivity contribution in [3.05, 3.63) is 57.9 Å². The quantitative estimate of drug-likeness (QED) is 0.494. The molecule has 0 unspecified atom stereocenters. The number of likely N-dealkylation sites (tertiary alicyclic amines) is 1. The topological polar surface area (TPSA) is 104 Å². The summed E-state index contributed by atoms with van der Waals surface area (Å²) in [6.07, 6.45) is 1.14. The summed E-state index contributed by atoms with van der Waals surface area (Å²) < 4.78 is 28.4. The Balaban J connectivity index is 1.52. The lowest BCUT2D eigenvalue weighted by Gasteiger charge is -2.63. The second-order valence-electron chi connectivity index (χ2n) is 9.37. The smallest absolute Gasteiger partial charge is 0.281 e. The molecule has 4 aromatic rings. The predicted octanol–water partition coefficient (Wildman–Crippen LogP) is 1.91. The number of fused-ring (bicyclic) bond motifs is 3. The molecule has 0 bridgehead atoms. The highest BCUT2D eigenvalue weighted by atomic mass is 32.2. The van der Waals surface area contributed by atoms with Crippen molar-refractivity contribution >= 4 is 32.1 Å². The number of rotatable bonds is 3. The maximum atomic E-state index is 13.4. The number of anilines is 1. The summed E-state index contributed by atoms with van der Waals surface area (Å²) in [4.78, 5) is 21.7. The van der Waals surface area contributed by atoms with Crippen LogP contribution in [0, 0.1) is 13.8 Å². The minimum absolute atomic E-state index is 0.00586. The zero-order valence-corrected chi connectivity index (χ0v) is 19.5. The number of nitrogens with zero attached hydrogens (tertiary/aromatic N) is 5. The summed E-state index contributed by atoms with van der Waals surface area (Å²) in [7, 11) is -1.86. The van der Waals surface area contributed by atoms with Crippen LogP contribution in [0.15, 0.2) is 51.1 Å². The van der Waals surface area contributed by atoms with Crippen LogP contribution in [-0.4, -0.2) is 65.4 Å². The molecule has 170 valence electrons. The predicted molar refractivity (Wildman–Crippen MR) is 125 cm³/mol. The molecule has 0 amide bonds. The van der Waals surface area contributed by atoms with Crippen molar-refractivity contribution in [2.24, 2.45) is 0 Å². The van der Waals surface area contributed by atoms with Crippen LogP contribution in [0.5, 0.6) is 0 Å². The fourth-order valence-electron chi connectivity index (χ4n) is 5.38. The van der Waals surface area contributed by atoms with Gasteiger partial charge in [-0.3, -0.25) is 4.79 Å². The van der Waals surface area contributed by atoms with Crippen molar-refractivity contribution in [3.8, 4) is 0 Å². The van der Waals surface area contributed by atoms with Crippen LogP contribution in [-0.2, 0) is 9.84 Å². The zero-order chi connectivity index (χ0) is 23.1. The molecule has 1 spiro atoms. The number of nitrogens with one attached hydrogen (secondary N) is 1. The van der Waals surface area contributed by atoms with Gasteiger partial charge in [0, 0.05) is 25.3 Å². The van der Waals surface area contributed by atoms with E-state index in [1.165, 1.54) is 4.52 Å². The molecule has 0 saturated carbocycles. The van der Waals surface area contributed by atoms with Crippen LogP contribution in [0.25, 0.3) is 16.6 Å². The van der Waals surface area contributed by atoms with E-state index < -0.39 is 15.4 Å². The number of aromatic amines is 1. The second kappa shape index (κ2) is 6.64. The van der Waals surface area contributed by atoms with Crippen molar-refractivity contribution in [2.45, 2.75) is 35.7 Å². The minimum atomic E-state index is -3.98. The number of likely N-dealkylation sites (N-methyl/N-ethyl adjacent to an activating group) is 1. The second-order valence-corrected chi connectivity index (χ2v) is 11.2. The zero-order valence-electron chi connectivity index (χ0n) is 18.7. The van der Waals surface area contributed by atoms with E-state index in [1.54, 1.807) is 25.1 Å². The van der Waals surface area contributed by atoms with Crippen molar-refractivity contribution in [3.63, 3.8) is 0 Å². The molecular formula is C23H24N6O3S. The Hall–Kier alpha value is -3.24. The number of hydrogen-bond donors (Lipinski definition) is 1. The molecular weight excluding hydrogens is 440 g/mol. The van der Waals surface area contributed by atoms with Crippen LogP contribution in [0.1, 0.15) is 17.5 Å². The number of aryl methyl sites for hydroxylation is 2. The van der Waals surface area contributed by atoms with Gasteiger partial charge in [0.25, 0.3) is 5.56 Å². The van der Waals surface area contributed by atoms with Gasteiger partial charge in [0.2, 0.25) is 14.9 Å². The fourth-order valence-corrected chi connectivity index (χ4v) is 6.86. The lowest BCUT2D eigenvalue weighted by molar-refractivity contribution is 0.0469. The fraction of sp³-hybridized carbons (Fsp3) is 0.348. The highest BCUT2D eigenvalue weighted by molar-refractivity contribution is 7.91. The highest BCUT2D eigenvalue weighted by Gasteiger charge is 2.52. The molecule has 10 heteroatoms. The van der Waals surface area contributed by atoms with Crippen LogP contribution >= 0.6 is 0 Å². The lowest BCUT2D eigenvalue weighted by Crippen LogP contribution is -2.76. The van der Waals surface area contributed by atoms with E-state index in [4.69, 9.17) is 0 Å². The van der Waals surface area contributed by atoms with E-state index in [1.807, 2.05) is 25.1 Å². The molecule has 4 heterocycles. The Bertz CT molecular complexity index is 1610. The molecule has 2 aromatic carbocycles. The average molecular weight is 465 g/mol. The number of benzene rings is 2. The minimum Gasteiger partial charge on any atom is -0.363 e. The van der Waals surface area contributed by atoms with E-state index in [9.17, 15) is 13.2 Å². The van der Waals surface area contributed by atoms with Gasteiger partial charge >= 0.3 is 0 Å². The van der Waals surface area contributed by atoms with E-state index in [0.717, 1.165) is 37.3 Å². The largest absolute Gasteiger partial charge is 0.363 e. The number of sulfone groups is 1. The standard InChI is InChI=1S/C23H24N6O3S/c1-14-4-7-19(15(2)10-14)33(31,32)22-20-24-21(30)17-6-5-16(11-18(17)29(20)26-25-22)28-9-8-23(28)12-27(3)13-23/h4-7,10-11,26H,8-9,12-13H2,1-3H3. The first-order chi connectivity index (χ1) is 15.7. The summed E-state index contributed by atoms with van der Waals surface area (Å²) in [5, 5.41) is 7.05. The Labute approximate surface area is 190 Å². The normalized spacial score (nSPS) is 18.1. The highest BCUT2D eigenvalue weighted by Crippen LogP contribution is 2.42. The van der Waals surface area contributed by atoms with Crippen LogP contribution in [0.3, 0.4) is 0 Å². The van der Waals surface area contributed by atoms with E-state index in [2.05, 4.69) is 32.1 Å². The SMILES string of the molecule is Cc1ccc(S(=O)(=O)c2n[nH]n3c2nc(=O)c2ccc(N4CCC45CN(C)C5)cc23)c(C)c1. The first-order valence-electron chi connectivity index (χ1n) is 10.9. The molecule has 0 aliphatic carbocycles. The third kappa shape index (κ3) is 2.80. The van der Waals surface area contributed by atoms with E-state index in [-0.39, 0.29) is 21.1 Å². The van der Waals surface area contributed by atoms with Gasteiger partial charge in [-0.2, -0.15) is 4.98 Å². The molecule has 1 N–H and O–H groups in total. The first-order valence-corrected chi connectivity index (χ1v) is 12.4. The van der Waals surface area contributed by atoms with Crippen molar-refractivity contribution in [1.82, 2.24) is 24.7 Å². The van der Waals surface area contributed by atoms with Crippen molar-refractivity contribution in [2.75, 3.05) is 31.6 Å². The summed E-state index contributed by atoms with van der Waals surface area (Å²) in [5.74, 6) is 0. The van der Waals surface area contributed by atoms with Gasteiger partial charge in [-0.15, -0.1) is 5.10 Å². The molecule has 9 nitrogen and oxygen atoms in total. The van der Waals surface area contributed by atoms with Gasteiger partial charge in [-0.05, 0) is 57.1 Å². The van der Waals surface area contributed by atoms with Crippen LogP contribution in [0.4, 0.5) is 5.69 Å². The van der Waals surface area contributed by atoms with Gasteiger partial charge in [0.15, 0.2) is 5.65 Å². The van der Waals surface area contributed by atoms with Crippen molar-refractivity contribution in [1.29, 1.82) is 0 Å². The summed E-state index contributed by atoms with van der Waals surface area (Å²) in [6, 6.07) is 10.8. The lowest BCUT2D eigenvalue weighted by atomic mass is 9.77. The Morgan fingerprint density at radius 3 is 2.55 bits per heavy atom. The Kier molecular flexibility index (Phi) is 4.10. The van der Waals surface area contributed by atoms with E-state index >= 15 is 0 Å². The van der Waals surface area contributed by atoms with Gasteiger partial charge in [-0.25, -0.2) is 18.1 Å². The maximum absolute atomic E-state index is 13.4. The molecule has 0 atom stereocenters. The number of H-pyrrole nitrogens is 1. The molecule has 2 aliphatic rings. The third-order valence-corrected chi connectivity index (χ3v) is 8.82.